The smallest absolute Gasteiger partial charge is 0.263 e. The monoisotopic (exact) mass is 422 g/mol. The van der Waals surface area contributed by atoms with Gasteiger partial charge in [0.25, 0.3) is 10.0 Å². The summed E-state index contributed by atoms with van der Waals surface area (Å²) < 4.78 is 49.5. The number of benzene rings is 1. The van der Waals surface area contributed by atoms with Gasteiger partial charge < -0.3 is 4.74 Å². The minimum atomic E-state index is -3.91. The Bertz CT molecular complexity index is 1070. The van der Waals surface area contributed by atoms with Gasteiger partial charge >= 0.3 is 0 Å². The zero-order chi connectivity index (χ0) is 19.7. The van der Waals surface area contributed by atoms with Gasteiger partial charge in [-0.3, -0.25) is 9.40 Å². The molecule has 2 heterocycles. The molecular weight excluding hydrogens is 403 g/mol. The first kappa shape index (κ1) is 18.9. The number of sulfonamides is 1. The van der Waals surface area contributed by atoms with E-state index in [9.17, 15) is 12.8 Å². The van der Waals surface area contributed by atoms with Crippen LogP contribution in [0, 0.1) is 5.82 Å². The van der Waals surface area contributed by atoms with Crippen LogP contribution in [-0.2, 0) is 17.1 Å². The van der Waals surface area contributed by atoms with Gasteiger partial charge in [-0.2, -0.15) is 5.10 Å². The first-order chi connectivity index (χ1) is 13.4. The molecule has 0 amide bonds. The van der Waals surface area contributed by atoms with Crippen molar-refractivity contribution in [1.29, 1.82) is 0 Å². The Hall–Kier alpha value is -2.46. The van der Waals surface area contributed by atoms with Crippen LogP contribution in [0.15, 0.2) is 46.9 Å². The van der Waals surface area contributed by atoms with Crippen LogP contribution >= 0.6 is 11.3 Å². The molecule has 1 saturated carbocycles. The quantitative estimate of drug-likeness (QED) is 0.657. The normalized spacial score (nSPS) is 19.6. The molecule has 0 radical (unpaired) electrons. The van der Waals surface area contributed by atoms with Gasteiger partial charge in [0.1, 0.15) is 6.10 Å². The molecule has 1 N–H and O–H groups in total. The molecule has 0 bridgehead atoms. The summed E-state index contributed by atoms with van der Waals surface area (Å²) in [6.45, 7) is 0. The summed E-state index contributed by atoms with van der Waals surface area (Å²) >= 11 is 1.15. The van der Waals surface area contributed by atoms with E-state index in [0.717, 1.165) is 42.4 Å². The fourth-order valence-corrected chi connectivity index (χ4v) is 5.31. The van der Waals surface area contributed by atoms with E-state index in [1.807, 2.05) is 17.8 Å². The van der Waals surface area contributed by atoms with Crippen LogP contribution < -0.4 is 9.46 Å². The van der Waals surface area contributed by atoms with Gasteiger partial charge in [0.05, 0.1) is 4.90 Å². The standard InChI is InChI=1S/C18H19FN4O3S2/c1-23-15(7-8-21-23)13-3-2-4-16(13)26-17-6-5-12(11-14(17)19)28(24,25)22-18-20-9-10-27-18/h5-11,13,16H,2-4H2,1H3,(H,20,22). The van der Waals surface area contributed by atoms with Crippen molar-refractivity contribution < 1.29 is 17.5 Å². The number of halogens is 1. The molecule has 2 unspecified atom stereocenters. The predicted octanol–water partition coefficient (Wildman–Crippen LogP) is 3.53. The van der Waals surface area contributed by atoms with Crippen molar-refractivity contribution in [1.82, 2.24) is 14.8 Å². The average molecular weight is 423 g/mol. The zero-order valence-corrected chi connectivity index (χ0v) is 16.7. The molecular formula is C18H19FN4O3S2. The summed E-state index contributed by atoms with van der Waals surface area (Å²) in [6.07, 6.45) is 5.77. The molecule has 10 heteroatoms. The van der Waals surface area contributed by atoms with Crippen molar-refractivity contribution in [2.45, 2.75) is 36.2 Å². The highest BCUT2D eigenvalue weighted by Gasteiger charge is 2.33. The number of hydrogen-bond donors (Lipinski definition) is 1. The van der Waals surface area contributed by atoms with Gasteiger partial charge in [0, 0.05) is 36.4 Å². The van der Waals surface area contributed by atoms with E-state index in [1.54, 1.807) is 11.6 Å². The Morgan fingerprint density at radius 1 is 1.29 bits per heavy atom. The van der Waals surface area contributed by atoms with Crippen molar-refractivity contribution in [3.8, 4) is 5.75 Å². The van der Waals surface area contributed by atoms with Gasteiger partial charge in [-0.15, -0.1) is 11.3 Å². The minimum absolute atomic E-state index is 0.0484. The van der Waals surface area contributed by atoms with Crippen LogP contribution in [0.2, 0.25) is 0 Å². The van der Waals surface area contributed by atoms with Crippen molar-refractivity contribution in [2.24, 2.45) is 7.05 Å². The first-order valence-electron chi connectivity index (χ1n) is 8.80. The first-order valence-corrected chi connectivity index (χ1v) is 11.2. The van der Waals surface area contributed by atoms with Crippen LogP contribution in [0.4, 0.5) is 9.52 Å². The minimum Gasteiger partial charge on any atom is -0.487 e. The van der Waals surface area contributed by atoms with Crippen LogP contribution in [0.1, 0.15) is 30.9 Å². The summed E-state index contributed by atoms with van der Waals surface area (Å²) in [5.41, 5.74) is 1.05. The van der Waals surface area contributed by atoms with Gasteiger partial charge in [-0.25, -0.2) is 17.8 Å². The number of nitrogens with zero attached hydrogens (tertiary/aromatic N) is 3. The molecule has 3 aromatic rings. The average Bonchev–Trinajstić information content (AvgIpc) is 3.39. The Labute approximate surface area is 166 Å². The lowest BCUT2D eigenvalue weighted by Gasteiger charge is -2.22. The highest BCUT2D eigenvalue weighted by molar-refractivity contribution is 7.93. The van der Waals surface area contributed by atoms with E-state index in [0.29, 0.717) is 0 Å². The van der Waals surface area contributed by atoms with Crippen molar-refractivity contribution in [2.75, 3.05) is 4.72 Å². The summed E-state index contributed by atoms with van der Waals surface area (Å²) in [7, 11) is -2.04. The molecule has 0 saturated heterocycles. The lowest BCUT2D eigenvalue weighted by Crippen LogP contribution is -2.22. The number of thiazole rings is 1. The Morgan fingerprint density at radius 2 is 2.14 bits per heavy atom. The molecule has 0 spiro atoms. The number of aryl methyl sites for hydroxylation is 1. The van der Waals surface area contributed by atoms with E-state index in [-0.39, 0.29) is 27.8 Å². The molecule has 1 aromatic carbocycles. The van der Waals surface area contributed by atoms with Gasteiger partial charge in [0.15, 0.2) is 16.7 Å². The number of anilines is 1. The molecule has 4 rings (SSSR count). The molecule has 28 heavy (non-hydrogen) atoms. The number of hydrogen-bond acceptors (Lipinski definition) is 6. The zero-order valence-electron chi connectivity index (χ0n) is 15.1. The lowest BCUT2D eigenvalue weighted by atomic mass is 10.0. The predicted molar refractivity (Wildman–Crippen MR) is 104 cm³/mol. The molecule has 1 fully saturated rings. The Morgan fingerprint density at radius 3 is 2.82 bits per heavy atom. The number of rotatable bonds is 6. The van der Waals surface area contributed by atoms with Gasteiger partial charge in [-0.1, -0.05) is 0 Å². The summed E-state index contributed by atoms with van der Waals surface area (Å²) in [5, 5.41) is 6.07. The second-order valence-corrected chi connectivity index (χ2v) is 9.19. The third-order valence-electron chi connectivity index (χ3n) is 4.84. The van der Waals surface area contributed by atoms with Gasteiger partial charge in [-0.05, 0) is 43.5 Å². The van der Waals surface area contributed by atoms with E-state index >= 15 is 0 Å². The SMILES string of the molecule is Cn1nccc1C1CCCC1Oc1ccc(S(=O)(=O)Nc2nccs2)cc1F. The maximum atomic E-state index is 14.6. The van der Waals surface area contributed by atoms with Crippen LogP contribution in [0.5, 0.6) is 5.75 Å². The van der Waals surface area contributed by atoms with E-state index < -0.39 is 15.8 Å². The molecule has 1 aliphatic carbocycles. The molecule has 2 aromatic heterocycles. The molecule has 148 valence electrons. The van der Waals surface area contributed by atoms with Crippen molar-refractivity contribution in [3.63, 3.8) is 0 Å². The second kappa shape index (κ2) is 7.51. The molecule has 1 aliphatic rings. The number of aromatic nitrogens is 3. The van der Waals surface area contributed by atoms with E-state index in [4.69, 9.17) is 4.74 Å². The molecule has 7 nitrogen and oxygen atoms in total. The maximum absolute atomic E-state index is 14.6. The highest BCUT2D eigenvalue weighted by Crippen LogP contribution is 2.37. The van der Waals surface area contributed by atoms with Crippen LogP contribution in [-0.4, -0.2) is 29.3 Å². The maximum Gasteiger partial charge on any atom is 0.263 e. The molecule has 2 atom stereocenters. The topological polar surface area (TPSA) is 86.1 Å². The number of ether oxygens (including phenoxy) is 1. The summed E-state index contributed by atoms with van der Waals surface area (Å²) in [6, 6.07) is 5.62. The lowest BCUT2D eigenvalue weighted by molar-refractivity contribution is 0.179. The van der Waals surface area contributed by atoms with Crippen LogP contribution in [0.25, 0.3) is 0 Å². The third kappa shape index (κ3) is 3.74. The van der Waals surface area contributed by atoms with Crippen LogP contribution in [0.3, 0.4) is 0 Å². The summed E-state index contributed by atoms with van der Waals surface area (Å²) in [5.74, 6) is -0.535. The Kier molecular flexibility index (Phi) is 5.07. The highest BCUT2D eigenvalue weighted by atomic mass is 32.2. The molecule has 0 aliphatic heterocycles. The third-order valence-corrected chi connectivity index (χ3v) is 6.99. The largest absolute Gasteiger partial charge is 0.487 e. The second-order valence-electron chi connectivity index (χ2n) is 6.61. The van der Waals surface area contributed by atoms with E-state index in [1.165, 1.54) is 18.3 Å². The summed E-state index contributed by atoms with van der Waals surface area (Å²) in [4.78, 5) is 3.70. The van der Waals surface area contributed by atoms with E-state index in [2.05, 4.69) is 14.8 Å². The van der Waals surface area contributed by atoms with Crippen molar-refractivity contribution >= 4 is 26.5 Å². The fraction of sp³-hybridized carbons (Fsp3) is 0.333. The van der Waals surface area contributed by atoms with Crippen molar-refractivity contribution in [3.05, 3.63) is 53.6 Å². The van der Waals surface area contributed by atoms with Gasteiger partial charge in [0.2, 0.25) is 0 Å². The Balaban J connectivity index is 1.53. The number of nitrogens with one attached hydrogen (secondary N) is 1. The fourth-order valence-electron chi connectivity index (χ4n) is 3.51.